The summed E-state index contributed by atoms with van der Waals surface area (Å²) < 4.78 is 27.2. The molecular formula is C13H16F2N2O3. The Bertz CT molecular complexity index is 521. The van der Waals surface area contributed by atoms with Crippen molar-refractivity contribution in [3.63, 3.8) is 0 Å². The highest BCUT2D eigenvalue weighted by Gasteiger charge is 2.24. The van der Waals surface area contributed by atoms with E-state index >= 15 is 0 Å². The number of nitro groups is 1. The minimum atomic E-state index is -1.22. The third-order valence-corrected chi connectivity index (χ3v) is 2.91. The Morgan fingerprint density at radius 1 is 1.30 bits per heavy atom. The van der Waals surface area contributed by atoms with Crippen molar-refractivity contribution in [2.75, 3.05) is 13.1 Å². The summed E-state index contributed by atoms with van der Waals surface area (Å²) in [6.07, 6.45) is 1.61. The maximum Gasteiger partial charge on any atom is 0.307 e. The molecule has 0 aliphatic rings. The van der Waals surface area contributed by atoms with E-state index in [1.807, 2.05) is 6.92 Å². The summed E-state index contributed by atoms with van der Waals surface area (Å²) >= 11 is 0. The van der Waals surface area contributed by atoms with E-state index in [-0.39, 0.29) is 0 Å². The van der Waals surface area contributed by atoms with E-state index in [0.717, 1.165) is 12.8 Å². The number of hydrogen-bond donors (Lipinski definition) is 0. The summed E-state index contributed by atoms with van der Waals surface area (Å²) in [5.41, 5.74) is -1.46. The first-order valence-corrected chi connectivity index (χ1v) is 6.35. The van der Waals surface area contributed by atoms with Gasteiger partial charge in [0, 0.05) is 13.1 Å². The summed E-state index contributed by atoms with van der Waals surface area (Å²) in [4.78, 5) is 22.9. The first-order chi connectivity index (χ1) is 9.42. The van der Waals surface area contributed by atoms with Crippen LogP contribution < -0.4 is 0 Å². The third kappa shape index (κ3) is 3.49. The number of halogens is 2. The van der Waals surface area contributed by atoms with E-state index in [1.54, 1.807) is 6.92 Å². The fourth-order valence-corrected chi connectivity index (χ4v) is 1.76. The molecule has 5 nitrogen and oxygen atoms in total. The van der Waals surface area contributed by atoms with Gasteiger partial charge < -0.3 is 4.90 Å². The van der Waals surface area contributed by atoms with E-state index in [2.05, 4.69) is 0 Å². The summed E-state index contributed by atoms with van der Waals surface area (Å²) in [5.74, 6) is -2.96. The number of benzene rings is 1. The molecule has 0 saturated carbocycles. The van der Waals surface area contributed by atoms with Crippen LogP contribution in [0.5, 0.6) is 0 Å². The number of nitro benzene ring substituents is 1. The molecule has 0 aromatic heterocycles. The van der Waals surface area contributed by atoms with Gasteiger partial charge >= 0.3 is 5.69 Å². The maximum atomic E-state index is 13.7. The molecule has 0 N–H and O–H groups in total. The third-order valence-electron chi connectivity index (χ3n) is 2.91. The number of hydrogen-bond acceptors (Lipinski definition) is 3. The summed E-state index contributed by atoms with van der Waals surface area (Å²) in [5, 5.41) is 10.5. The van der Waals surface area contributed by atoms with E-state index in [4.69, 9.17) is 0 Å². The van der Waals surface area contributed by atoms with Gasteiger partial charge in [-0.2, -0.15) is 4.39 Å². The van der Waals surface area contributed by atoms with Crippen LogP contribution >= 0.6 is 0 Å². The molecule has 0 spiro atoms. The van der Waals surface area contributed by atoms with Crippen LogP contribution in [-0.4, -0.2) is 28.8 Å². The average Bonchev–Trinajstić information content (AvgIpc) is 2.41. The number of rotatable bonds is 6. The van der Waals surface area contributed by atoms with Crippen molar-refractivity contribution >= 4 is 11.6 Å². The maximum absolute atomic E-state index is 13.7. The number of unbranched alkanes of at least 4 members (excludes halogenated alkanes) is 1. The molecule has 0 saturated heterocycles. The molecule has 1 aromatic carbocycles. The van der Waals surface area contributed by atoms with Gasteiger partial charge in [-0.1, -0.05) is 13.3 Å². The zero-order chi connectivity index (χ0) is 15.3. The van der Waals surface area contributed by atoms with Crippen molar-refractivity contribution in [2.45, 2.75) is 26.7 Å². The SMILES string of the molecule is CCCCN(CC)C(=O)c1cc(F)c([N+](=O)[O-])cc1F. The topological polar surface area (TPSA) is 63.5 Å². The Morgan fingerprint density at radius 2 is 1.95 bits per heavy atom. The Hall–Kier alpha value is -2.05. The molecule has 1 aromatic rings. The van der Waals surface area contributed by atoms with Gasteiger partial charge in [0.1, 0.15) is 5.82 Å². The molecule has 7 heteroatoms. The second-order valence-electron chi connectivity index (χ2n) is 4.28. The van der Waals surface area contributed by atoms with Crippen molar-refractivity contribution in [3.05, 3.63) is 39.4 Å². The van der Waals surface area contributed by atoms with E-state index in [0.29, 0.717) is 25.2 Å². The molecule has 0 unspecified atom stereocenters. The first-order valence-electron chi connectivity index (χ1n) is 6.35. The largest absolute Gasteiger partial charge is 0.339 e. The highest BCUT2D eigenvalue weighted by atomic mass is 19.1. The normalized spacial score (nSPS) is 10.4. The van der Waals surface area contributed by atoms with Crippen molar-refractivity contribution in [1.82, 2.24) is 4.90 Å². The van der Waals surface area contributed by atoms with Crippen LogP contribution in [0.15, 0.2) is 12.1 Å². The monoisotopic (exact) mass is 286 g/mol. The van der Waals surface area contributed by atoms with Gasteiger partial charge in [-0.25, -0.2) is 4.39 Å². The van der Waals surface area contributed by atoms with Gasteiger partial charge in [0.25, 0.3) is 5.91 Å². The predicted molar refractivity (Wildman–Crippen MR) is 69.5 cm³/mol. The van der Waals surface area contributed by atoms with Crippen molar-refractivity contribution < 1.29 is 18.5 Å². The van der Waals surface area contributed by atoms with Crippen molar-refractivity contribution in [2.24, 2.45) is 0 Å². The molecule has 0 aliphatic carbocycles. The lowest BCUT2D eigenvalue weighted by atomic mass is 10.1. The molecule has 110 valence electrons. The van der Waals surface area contributed by atoms with Crippen LogP contribution in [0.1, 0.15) is 37.0 Å². The molecule has 0 heterocycles. The Balaban J connectivity index is 3.09. The smallest absolute Gasteiger partial charge is 0.307 e. The molecule has 0 aliphatic heterocycles. The molecule has 0 radical (unpaired) electrons. The van der Waals surface area contributed by atoms with Gasteiger partial charge in [-0.15, -0.1) is 0 Å². The van der Waals surface area contributed by atoms with Gasteiger partial charge in [-0.05, 0) is 19.4 Å². The standard InChI is InChI=1S/C13H16F2N2O3/c1-3-5-6-16(4-2)13(18)9-7-11(15)12(17(19)20)8-10(9)14/h7-8H,3-6H2,1-2H3. The quantitative estimate of drug-likeness (QED) is 0.596. The molecule has 20 heavy (non-hydrogen) atoms. The Kier molecular flexibility index (Phi) is 5.54. The van der Waals surface area contributed by atoms with Gasteiger partial charge in [0.05, 0.1) is 16.6 Å². The van der Waals surface area contributed by atoms with Gasteiger partial charge in [0.15, 0.2) is 0 Å². The number of carbonyl (C=O) groups excluding carboxylic acids is 1. The molecule has 0 fully saturated rings. The minimum Gasteiger partial charge on any atom is -0.339 e. The predicted octanol–water partition coefficient (Wildman–Crippen LogP) is 3.14. The molecule has 1 amide bonds. The highest BCUT2D eigenvalue weighted by molar-refractivity contribution is 5.94. The number of amides is 1. The van der Waals surface area contributed by atoms with Crippen LogP contribution in [0, 0.1) is 21.7 Å². The Labute approximate surface area is 115 Å². The van der Waals surface area contributed by atoms with E-state index in [1.165, 1.54) is 4.90 Å². The van der Waals surface area contributed by atoms with Crippen molar-refractivity contribution in [3.8, 4) is 0 Å². The number of carbonyl (C=O) groups is 1. The summed E-state index contributed by atoms with van der Waals surface area (Å²) in [6, 6.07) is 1.03. The van der Waals surface area contributed by atoms with Gasteiger partial charge in [0.2, 0.25) is 5.82 Å². The summed E-state index contributed by atoms with van der Waals surface area (Å²) in [6.45, 7) is 4.47. The second kappa shape index (κ2) is 6.93. The van der Waals surface area contributed by atoms with Crippen LogP contribution in [0.2, 0.25) is 0 Å². The van der Waals surface area contributed by atoms with Crippen LogP contribution in [0.4, 0.5) is 14.5 Å². The fraction of sp³-hybridized carbons (Fsp3) is 0.462. The molecular weight excluding hydrogens is 270 g/mol. The minimum absolute atomic E-state index is 0.358. The second-order valence-corrected chi connectivity index (χ2v) is 4.28. The van der Waals surface area contributed by atoms with Crippen LogP contribution in [0.25, 0.3) is 0 Å². The van der Waals surface area contributed by atoms with Crippen LogP contribution in [0.3, 0.4) is 0 Å². The van der Waals surface area contributed by atoms with Crippen molar-refractivity contribution in [1.29, 1.82) is 0 Å². The zero-order valence-corrected chi connectivity index (χ0v) is 11.4. The zero-order valence-electron chi connectivity index (χ0n) is 11.4. The number of nitrogens with zero attached hydrogens (tertiary/aromatic N) is 2. The van der Waals surface area contributed by atoms with E-state index in [9.17, 15) is 23.7 Å². The average molecular weight is 286 g/mol. The lowest BCUT2D eigenvalue weighted by Crippen LogP contribution is -2.32. The molecule has 0 bridgehead atoms. The van der Waals surface area contributed by atoms with Gasteiger partial charge in [-0.3, -0.25) is 14.9 Å². The molecule has 1 rings (SSSR count). The lowest BCUT2D eigenvalue weighted by Gasteiger charge is -2.20. The van der Waals surface area contributed by atoms with E-state index < -0.39 is 33.7 Å². The fourth-order valence-electron chi connectivity index (χ4n) is 1.76. The lowest BCUT2D eigenvalue weighted by molar-refractivity contribution is -0.387. The van der Waals surface area contributed by atoms with Crippen LogP contribution in [-0.2, 0) is 0 Å². The summed E-state index contributed by atoms with van der Waals surface area (Å²) in [7, 11) is 0. The Morgan fingerprint density at radius 3 is 2.45 bits per heavy atom. The first kappa shape index (κ1) is 16.0. The highest BCUT2D eigenvalue weighted by Crippen LogP contribution is 2.22. The molecule has 0 atom stereocenters.